The molecule has 0 heteroatoms. The summed E-state index contributed by atoms with van der Waals surface area (Å²) in [5.41, 5.74) is 0.441. The van der Waals surface area contributed by atoms with Crippen LogP contribution in [-0.2, 0) is 0 Å². The van der Waals surface area contributed by atoms with Crippen molar-refractivity contribution >= 4 is 0 Å². The first kappa shape index (κ1) is 13.2. The molecular weight excluding hydrogens is 168 g/mol. The van der Waals surface area contributed by atoms with E-state index >= 15 is 0 Å². The second-order valence-electron chi connectivity index (χ2n) is 4.29. The molecule has 0 N–H and O–H groups in total. The van der Waals surface area contributed by atoms with Gasteiger partial charge in [0.25, 0.3) is 0 Å². The van der Waals surface area contributed by atoms with Crippen LogP contribution in [0.1, 0.15) is 45.4 Å². The van der Waals surface area contributed by atoms with Gasteiger partial charge in [-0.1, -0.05) is 25.2 Å². The lowest BCUT2D eigenvalue weighted by Crippen LogP contribution is -2.15. The number of hydrogen-bond acceptors (Lipinski definition) is 0. The van der Waals surface area contributed by atoms with Crippen LogP contribution in [0.4, 0.5) is 0 Å². The quantitative estimate of drug-likeness (QED) is 0.456. The molecule has 0 bridgehead atoms. The summed E-state index contributed by atoms with van der Waals surface area (Å²) in [6.07, 6.45) is 13.1. The lowest BCUT2D eigenvalue weighted by atomic mass is 9.77. The number of allylic oxidation sites excluding steroid dienone is 3. The molecule has 0 fully saturated rings. The summed E-state index contributed by atoms with van der Waals surface area (Å²) in [6, 6.07) is 0. The van der Waals surface area contributed by atoms with Crippen LogP contribution >= 0.6 is 0 Å². The van der Waals surface area contributed by atoms with Gasteiger partial charge in [-0.2, -0.15) is 0 Å². The van der Waals surface area contributed by atoms with Gasteiger partial charge in [-0.15, -0.1) is 19.7 Å². The van der Waals surface area contributed by atoms with E-state index in [9.17, 15) is 0 Å². The van der Waals surface area contributed by atoms with E-state index < -0.39 is 0 Å². The van der Waals surface area contributed by atoms with Crippen LogP contribution in [0.2, 0.25) is 0 Å². The van der Waals surface area contributed by atoms with E-state index in [1.54, 1.807) is 0 Å². The first-order valence-corrected chi connectivity index (χ1v) is 5.51. The molecule has 0 aromatic rings. The zero-order valence-corrected chi connectivity index (χ0v) is 9.60. The fourth-order valence-corrected chi connectivity index (χ4v) is 1.73. The minimum Gasteiger partial charge on any atom is -0.103 e. The fourth-order valence-electron chi connectivity index (χ4n) is 1.73. The molecular formula is C14H24. The van der Waals surface area contributed by atoms with E-state index in [2.05, 4.69) is 26.7 Å². The Morgan fingerprint density at radius 3 is 1.29 bits per heavy atom. The van der Waals surface area contributed by atoms with Crippen molar-refractivity contribution < 1.29 is 0 Å². The van der Waals surface area contributed by atoms with Gasteiger partial charge in [0.1, 0.15) is 0 Å². The largest absolute Gasteiger partial charge is 0.103 e. The van der Waals surface area contributed by atoms with Crippen molar-refractivity contribution in [1.29, 1.82) is 0 Å². The third-order valence-electron chi connectivity index (χ3n) is 2.86. The van der Waals surface area contributed by atoms with Crippen LogP contribution in [0, 0.1) is 5.41 Å². The van der Waals surface area contributed by atoms with Gasteiger partial charge in [-0.05, 0) is 43.9 Å². The van der Waals surface area contributed by atoms with Gasteiger partial charge in [0.05, 0.1) is 0 Å². The highest BCUT2D eigenvalue weighted by Gasteiger charge is 2.21. The Balaban J connectivity index is 4.07. The standard InChI is InChI=1S/C14H24/c1-5-8-11-14(4,12-9-6-2)13-10-7-3/h5-7H,1-3,8-13H2,4H3. The van der Waals surface area contributed by atoms with Gasteiger partial charge in [-0.25, -0.2) is 0 Å². The fraction of sp³-hybridized carbons (Fsp3) is 0.571. The molecule has 0 unspecified atom stereocenters. The van der Waals surface area contributed by atoms with Crippen LogP contribution in [0.25, 0.3) is 0 Å². The second-order valence-corrected chi connectivity index (χ2v) is 4.29. The minimum absolute atomic E-state index is 0.441. The highest BCUT2D eigenvalue weighted by atomic mass is 14.3. The van der Waals surface area contributed by atoms with Gasteiger partial charge in [0, 0.05) is 0 Å². The van der Waals surface area contributed by atoms with Crippen LogP contribution < -0.4 is 0 Å². The second kappa shape index (κ2) is 7.61. The van der Waals surface area contributed by atoms with Crippen molar-refractivity contribution in [2.75, 3.05) is 0 Å². The van der Waals surface area contributed by atoms with Crippen molar-refractivity contribution in [3.63, 3.8) is 0 Å². The Labute approximate surface area is 89.4 Å². The lowest BCUT2D eigenvalue weighted by Gasteiger charge is -2.28. The Bertz CT molecular complexity index is 145. The maximum Gasteiger partial charge on any atom is -0.0317 e. The Morgan fingerprint density at radius 2 is 1.07 bits per heavy atom. The molecule has 0 nitrogen and oxygen atoms in total. The van der Waals surface area contributed by atoms with Gasteiger partial charge >= 0.3 is 0 Å². The molecule has 0 rings (SSSR count). The molecule has 0 aliphatic heterocycles. The van der Waals surface area contributed by atoms with Crippen LogP contribution in [0.5, 0.6) is 0 Å². The molecule has 0 aromatic heterocycles. The highest BCUT2D eigenvalue weighted by Crippen LogP contribution is 2.34. The molecule has 0 aliphatic rings. The van der Waals surface area contributed by atoms with Crippen molar-refractivity contribution in [3.05, 3.63) is 38.0 Å². The maximum absolute atomic E-state index is 3.78. The first-order valence-electron chi connectivity index (χ1n) is 5.51. The van der Waals surface area contributed by atoms with Crippen molar-refractivity contribution in [3.8, 4) is 0 Å². The molecule has 0 spiro atoms. The van der Waals surface area contributed by atoms with Crippen molar-refractivity contribution in [1.82, 2.24) is 0 Å². The summed E-state index contributed by atoms with van der Waals surface area (Å²) < 4.78 is 0. The monoisotopic (exact) mass is 192 g/mol. The summed E-state index contributed by atoms with van der Waals surface area (Å²) in [7, 11) is 0. The van der Waals surface area contributed by atoms with E-state index in [1.165, 1.54) is 19.3 Å². The predicted octanol–water partition coefficient (Wildman–Crippen LogP) is 4.89. The molecule has 0 radical (unpaired) electrons. The molecule has 14 heavy (non-hydrogen) atoms. The van der Waals surface area contributed by atoms with Gasteiger partial charge in [0.15, 0.2) is 0 Å². The van der Waals surface area contributed by atoms with E-state index in [0.717, 1.165) is 19.3 Å². The molecule has 0 aromatic carbocycles. The summed E-state index contributed by atoms with van der Waals surface area (Å²) >= 11 is 0. The molecule has 0 aliphatic carbocycles. The van der Waals surface area contributed by atoms with Crippen LogP contribution in [0.15, 0.2) is 38.0 Å². The minimum atomic E-state index is 0.441. The van der Waals surface area contributed by atoms with Gasteiger partial charge in [0.2, 0.25) is 0 Å². The van der Waals surface area contributed by atoms with E-state index in [-0.39, 0.29) is 0 Å². The SMILES string of the molecule is C=CCCC(C)(CCC=C)CCC=C. The zero-order valence-electron chi connectivity index (χ0n) is 9.60. The highest BCUT2D eigenvalue weighted by molar-refractivity contribution is 4.84. The summed E-state index contributed by atoms with van der Waals surface area (Å²) in [4.78, 5) is 0. The van der Waals surface area contributed by atoms with E-state index in [0.29, 0.717) is 5.41 Å². The molecule has 0 heterocycles. The number of hydrogen-bond donors (Lipinski definition) is 0. The Hall–Kier alpha value is -0.780. The Kier molecular flexibility index (Phi) is 7.18. The maximum atomic E-state index is 3.78. The topological polar surface area (TPSA) is 0 Å². The predicted molar refractivity (Wildman–Crippen MR) is 66.4 cm³/mol. The molecule has 0 amide bonds. The molecule has 0 saturated carbocycles. The molecule has 80 valence electrons. The summed E-state index contributed by atoms with van der Waals surface area (Å²) in [5.74, 6) is 0. The lowest BCUT2D eigenvalue weighted by molar-refractivity contribution is 0.255. The van der Waals surface area contributed by atoms with Crippen LogP contribution in [0.3, 0.4) is 0 Å². The third kappa shape index (κ3) is 5.80. The van der Waals surface area contributed by atoms with E-state index in [4.69, 9.17) is 0 Å². The van der Waals surface area contributed by atoms with Crippen molar-refractivity contribution in [2.24, 2.45) is 5.41 Å². The average Bonchev–Trinajstić information content (AvgIpc) is 2.21. The number of rotatable bonds is 9. The third-order valence-corrected chi connectivity index (χ3v) is 2.86. The van der Waals surface area contributed by atoms with Gasteiger partial charge < -0.3 is 0 Å². The average molecular weight is 192 g/mol. The molecule has 0 atom stereocenters. The summed E-state index contributed by atoms with van der Waals surface area (Å²) in [5, 5.41) is 0. The summed E-state index contributed by atoms with van der Waals surface area (Å²) in [6.45, 7) is 13.7. The Morgan fingerprint density at radius 1 is 0.786 bits per heavy atom. The first-order chi connectivity index (χ1) is 6.68. The van der Waals surface area contributed by atoms with Crippen LogP contribution in [-0.4, -0.2) is 0 Å². The van der Waals surface area contributed by atoms with E-state index in [1.807, 2.05) is 18.2 Å². The normalized spacial score (nSPS) is 10.9. The smallest absolute Gasteiger partial charge is 0.0317 e. The molecule has 0 saturated heterocycles. The zero-order chi connectivity index (χ0) is 10.9. The van der Waals surface area contributed by atoms with Gasteiger partial charge in [-0.3, -0.25) is 0 Å². The van der Waals surface area contributed by atoms with Crippen molar-refractivity contribution in [2.45, 2.75) is 45.4 Å².